The molecule has 0 aromatic heterocycles. The summed E-state index contributed by atoms with van der Waals surface area (Å²) in [5, 5.41) is 8.46. The molecule has 0 saturated carbocycles. The highest BCUT2D eigenvalue weighted by Crippen LogP contribution is 2.05. The zero-order valence-corrected chi connectivity index (χ0v) is 6.86. The zero-order chi connectivity index (χ0) is 9.72. The number of carboxylic acid groups (broad SMARTS) is 1. The SMILES string of the molecule is COC(=O)CC(C(C)=O)C(=O)O. The first kappa shape index (κ1) is 10.6. The molecule has 0 bridgehead atoms. The van der Waals surface area contributed by atoms with E-state index in [1.54, 1.807) is 0 Å². The van der Waals surface area contributed by atoms with Gasteiger partial charge in [0.15, 0.2) is 0 Å². The zero-order valence-electron chi connectivity index (χ0n) is 6.86. The number of aliphatic carboxylic acids is 1. The largest absolute Gasteiger partial charge is 0.481 e. The van der Waals surface area contributed by atoms with Gasteiger partial charge in [0.2, 0.25) is 0 Å². The summed E-state index contributed by atoms with van der Waals surface area (Å²) in [6.45, 7) is 1.13. The molecule has 1 atom stereocenters. The number of Topliss-reactive ketones (excluding diaryl/α,β-unsaturated/α-hetero) is 1. The molecule has 0 aliphatic heterocycles. The molecule has 1 N–H and O–H groups in total. The molecule has 0 aromatic rings. The Bertz CT molecular complexity index is 194. The molecule has 12 heavy (non-hydrogen) atoms. The van der Waals surface area contributed by atoms with Crippen molar-refractivity contribution in [3.8, 4) is 0 Å². The van der Waals surface area contributed by atoms with Crippen LogP contribution < -0.4 is 0 Å². The summed E-state index contributed by atoms with van der Waals surface area (Å²) in [5.74, 6) is -3.82. The van der Waals surface area contributed by atoms with Crippen molar-refractivity contribution in [1.29, 1.82) is 0 Å². The van der Waals surface area contributed by atoms with Crippen LogP contribution in [0, 0.1) is 5.92 Å². The number of carbonyl (C=O) groups excluding carboxylic acids is 2. The highest BCUT2D eigenvalue weighted by Gasteiger charge is 2.25. The van der Waals surface area contributed by atoms with Crippen LogP contribution in [0.2, 0.25) is 0 Å². The van der Waals surface area contributed by atoms with Gasteiger partial charge < -0.3 is 9.84 Å². The van der Waals surface area contributed by atoms with Crippen molar-refractivity contribution in [2.75, 3.05) is 7.11 Å². The molecule has 1 unspecified atom stereocenters. The average Bonchev–Trinajstić information content (AvgIpc) is 1.98. The van der Waals surface area contributed by atoms with Crippen LogP contribution in [-0.4, -0.2) is 29.9 Å². The third kappa shape index (κ3) is 3.14. The Balaban J connectivity index is 4.24. The second-order valence-corrected chi connectivity index (χ2v) is 2.28. The van der Waals surface area contributed by atoms with E-state index in [-0.39, 0.29) is 0 Å². The summed E-state index contributed by atoms with van der Waals surface area (Å²) in [6, 6.07) is 0. The highest BCUT2D eigenvalue weighted by molar-refractivity contribution is 5.99. The molecule has 68 valence electrons. The minimum absolute atomic E-state index is 0.402. The van der Waals surface area contributed by atoms with Crippen LogP contribution in [0.1, 0.15) is 13.3 Å². The van der Waals surface area contributed by atoms with Gasteiger partial charge in [0.05, 0.1) is 13.5 Å². The Labute approximate surface area is 69.3 Å². The van der Waals surface area contributed by atoms with Crippen molar-refractivity contribution in [3.63, 3.8) is 0 Å². The van der Waals surface area contributed by atoms with Crippen LogP contribution in [0.3, 0.4) is 0 Å². The van der Waals surface area contributed by atoms with Gasteiger partial charge >= 0.3 is 11.9 Å². The first-order chi connectivity index (χ1) is 5.49. The Kier molecular flexibility index (Phi) is 3.96. The van der Waals surface area contributed by atoms with Crippen molar-refractivity contribution in [3.05, 3.63) is 0 Å². The summed E-state index contributed by atoms with van der Waals surface area (Å²) in [4.78, 5) is 31.6. The number of esters is 1. The molecule has 5 heteroatoms. The van der Waals surface area contributed by atoms with Crippen LogP contribution in [-0.2, 0) is 19.1 Å². The Hall–Kier alpha value is -1.39. The van der Waals surface area contributed by atoms with Gasteiger partial charge in [-0.3, -0.25) is 14.4 Å². The van der Waals surface area contributed by atoms with Gasteiger partial charge in [0, 0.05) is 0 Å². The monoisotopic (exact) mass is 174 g/mol. The summed E-state index contributed by atoms with van der Waals surface area (Å²) >= 11 is 0. The van der Waals surface area contributed by atoms with Crippen LogP contribution in [0.4, 0.5) is 0 Å². The van der Waals surface area contributed by atoms with E-state index in [0.717, 1.165) is 14.0 Å². The van der Waals surface area contributed by atoms with E-state index in [2.05, 4.69) is 4.74 Å². The van der Waals surface area contributed by atoms with Crippen LogP contribution in [0.5, 0.6) is 0 Å². The minimum Gasteiger partial charge on any atom is -0.481 e. The minimum atomic E-state index is -1.30. The maximum Gasteiger partial charge on any atom is 0.314 e. The quantitative estimate of drug-likeness (QED) is 0.473. The summed E-state index contributed by atoms with van der Waals surface area (Å²) in [5.41, 5.74) is 0. The Morgan fingerprint density at radius 2 is 1.92 bits per heavy atom. The lowest BCUT2D eigenvalue weighted by molar-refractivity contribution is -0.153. The molecule has 0 aliphatic carbocycles. The normalized spacial score (nSPS) is 11.8. The molecule has 0 amide bonds. The molecule has 0 saturated heterocycles. The fourth-order valence-corrected chi connectivity index (χ4v) is 0.655. The van der Waals surface area contributed by atoms with Gasteiger partial charge in [-0.25, -0.2) is 0 Å². The van der Waals surface area contributed by atoms with Gasteiger partial charge in [0.1, 0.15) is 11.7 Å². The number of ether oxygens (including phenoxy) is 1. The third-order valence-electron chi connectivity index (χ3n) is 1.39. The van der Waals surface area contributed by atoms with E-state index < -0.39 is 30.1 Å². The predicted octanol–water partition coefficient (Wildman–Crippen LogP) is -0.161. The van der Waals surface area contributed by atoms with Crippen molar-refractivity contribution in [2.45, 2.75) is 13.3 Å². The van der Waals surface area contributed by atoms with E-state index in [4.69, 9.17) is 5.11 Å². The summed E-state index contributed by atoms with van der Waals surface area (Å²) in [7, 11) is 1.14. The number of rotatable bonds is 4. The van der Waals surface area contributed by atoms with E-state index >= 15 is 0 Å². The number of ketones is 1. The number of hydrogen-bond donors (Lipinski definition) is 1. The summed E-state index contributed by atoms with van der Waals surface area (Å²) < 4.78 is 4.23. The first-order valence-corrected chi connectivity index (χ1v) is 3.29. The Morgan fingerprint density at radius 3 is 2.17 bits per heavy atom. The molecule has 0 fully saturated rings. The van der Waals surface area contributed by atoms with E-state index in [9.17, 15) is 14.4 Å². The van der Waals surface area contributed by atoms with Gasteiger partial charge in [0.25, 0.3) is 0 Å². The summed E-state index contributed by atoms with van der Waals surface area (Å²) in [6.07, 6.45) is -0.402. The van der Waals surface area contributed by atoms with Crippen molar-refractivity contribution in [2.24, 2.45) is 5.92 Å². The fourth-order valence-electron chi connectivity index (χ4n) is 0.655. The molecule has 0 spiro atoms. The lowest BCUT2D eigenvalue weighted by atomic mass is 10.0. The molecule has 0 heterocycles. The molecule has 0 radical (unpaired) electrons. The second-order valence-electron chi connectivity index (χ2n) is 2.28. The van der Waals surface area contributed by atoms with Crippen molar-refractivity contribution in [1.82, 2.24) is 0 Å². The standard InChI is InChI=1S/C7H10O5/c1-4(8)5(7(10)11)3-6(9)12-2/h5H,3H2,1-2H3,(H,10,11). The molecule has 0 rings (SSSR count). The molecular formula is C7H10O5. The highest BCUT2D eigenvalue weighted by atomic mass is 16.5. The molecule has 0 aliphatic rings. The number of carbonyl (C=O) groups is 3. The van der Waals surface area contributed by atoms with Gasteiger partial charge in [-0.05, 0) is 6.92 Å². The maximum atomic E-state index is 10.6. The van der Waals surface area contributed by atoms with Crippen LogP contribution in [0.15, 0.2) is 0 Å². The smallest absolute Gasteiger partial charge is 0.314 e. The molecular weight excluding hydrogens is 164 g/mol. The lowest BCUT2D eigenvalue weighted by Gasteiger charge is -2.05. The molecule has 5 nitrogen and oxygen atoms in total. The first-order valence-electron chi connectivity index (χ1n) is 3.29. The van der Waals surface area contributed by atoms with Crippen molar-refractivity contribution < 1.29 is 24.2 Å². The van der Waals surface area contributed by atoms with Gasteiger partial charge in [-0.15, -0.1) is 0 Å². The van der Waals surface area contributed by atoms with Gasteiger partial charge in [-0.1, -0.05) is 0 Å². The molecule has 0 aromatic carbocycles. The third-order valence-corrected chi connectivity index (χ3v) is 1.39. The van der Waals surface area contributed by atoms with E-state index in [0.29, 0.717) is 0 Å². The van der Waals surface area contributed by atoms with Crippen LogP contribution in [0.25, 0.3) is 0 Å². The lowest BCUT2D eigenvalue weighted by Crippen LogP contribution is -2.24. The number of carboxylic acids is 1. The maximum absolute atomic E-state index is 10.6. The van der Waals surface area contributed by atoms with Crippen molar-refractivity contribution >= 4 is 17.7 Å². The number of hydrogen-bond acceptors (Lipinski definition) is 4. The fraction of sp³-hybridized carbons (Fsp3) is 0.571. The Morgan fingerprint density at radius 1 is 1.42 bits per heavy atom. The average molecular weight is 174 g/mol. The van der Waals surface area contributed by atoms with Crippen LogP contribution >= 0.6 is 0 Å². The second kappa shape index (κ2) is 4.48. The topological polar surface area (TPSA) is 80.7 Å². The van der Waals surface area contributed by atoms with Gasteiger partial charge in [-0.2, -0.15) is 0 Å². The van der Waals surface area contributed by atoms with E-state index in [1.165, 1.54) is 0 Å². The van der Waals surface area contributed by atoms with E-state index in [1.807, 2.05) is 0 Å². The number of methoxy groups -OCH3 is 1. The predicted molar refractivity (Wildman–Crippen MR) is 38.4 cm³/mol.